The van der Waals surface area contributed by atoms with Crippen molar-refractivity contribution in [2.75, 3.05) is 33.4 Å². The van der Waals surface area contributed by atoms with Crippen molar-refractivity contribution in [1.29, 1.82) is 0 Å². The third kappa shape index (κ3) is 7.73. The maximum Gasteiger partial charge on any atom is 0.410 e. The summed E-state index contributed by atoms with van der Waals surface area (Å²) in [5.74, 6) is 1.74. The Morgan fingerprint density at radius 3 is 2.69 bits per heavy atom. The van der Waals surface area contributed by atoms with E-state index in [0.29, 0.717) is 50.8 Å². The fraction of sp³-hybridized carbons (Fsp3) is 0.593. The molecule has 0 radical (unpaired) electrons. The predicted octanol–water partition coefficient (Wildman–Crippen LogP) is 5.23. The molecule has 2 atom stereocenters. The molecule has 2 heterocycles. The van der Waals surface area contributed by atoms with Gasteiger partial charge in [-0.15, -0.1) is 0 Å². The second kappa shape index (κ2) is 12.1. The van der Waals surface area contributed by atoms with E-state index in [1.807, 2.05) is 45.0 Å². The summed E-state index contributed by atoms with van der Waals surface area (Å²) >= 11 is 0. The van der Waals surface area contributed by atoms with Gasteiger partial charge in [0.25, 0.3) is 0 Å². The van der Waals surface area contributed by atoms with E-state index in [2.05, 4.69) is 4.98 Å². The largest absolute Gasteiger partial charge is 0.495 e. The molecule has 1 fully saturated rings. The number of pyridine rings is 1. The first-order chi connectivity index (χ1) is 16.7. The van der Waals surface area contributed by atoms with Crippen LogP contribution in [0.25, 0.3) is 10.9 Å². The number of esters is 1. The maximum atomic E-state index is 12.7. The Morgan fingerprint density at radius 2 is 1.97 bits per heavy atom. The first-order valence-electron chi connectivity index (χ1n) is 12.4. The highest BCUT2D eigenvalue weighted by Crippen LogP contribution is 2.32. The molecule has 192 valence electrons. The monoisotopic (exact) mass is 486 g/mol. The van der Waals surface area contributed by atoms with E-state index in [1.165, 1.54) is 0 Å². The second-order valence-electron chi connectivity index (χ2n) is 9.91. The number of hydrogen-bond donors (Lipinski definition) is 0. The number of hydrogen-bond acceptors (Lipinski definition) is 7. The van der Waals surface area contributed by atoms with Gasteiger partial charge >= 0.3 is 12.1 Å². The van der Waals surface area contributed by atoms with E-state index in [4.69, 9.17) is 18.9 Å². The Balaban J connectivity index is 1.64. The molecule has 1 amide bonds. The third-order valence-corrected chi connectivity index (χ3v) is 6.21. The van der Waals surface area contributed by atoms with Gasteiger partial charge in [0.15, 0.2) is 0 Å². The summed E-state index contributed by atoms with van der Waals surface area (Å²) < 4.78 is 22.2. The smallest absolute Gasteiger partial charge is 0.410 e. The standard InChI is InChI=1S/C27H38N2O6/c1-6-33-25(30)11-10-20-18-29(26(31)35-27(2,3)4)14-12-19(20)13-15-34-24-9-7-8-23-22(24)16-21(32-5)17-28-23/h7-9,16-17,19-20H,6,10-15,18H2,1-5H3/t19-,20-/m0/s1. The lowest BCUT2D eigenvalue weighted by atomic mass is 9.80. The van der Waals surface area contributed by atoms with Crippen molar-refractivity contribution in [3.63, 3.8) is 0 Å². The molecule has 0 N–H and O–H groups in total. The van der Waals surface area contributed by atoms with Crippen molar-refractivity contribution >= 4 is 23.0 Å². The molecule has 1 aliphatic heterocycles. The van der Waals surface area contributed by atoms with Gasteiger partial charge in [0.1, 0.15) is 17.1 Å². The number of aromatic nitrogens is 1. The summed E-state index contributed by atoms with van der Waals surface area (Å²) in [7, 11) is 1.62. The number of likely N-dealkylation sites (tertiary alicyclic amines) is 1. The fourth-order valence-corrected chi connectivity index (χ4v) is 4.48. The van der Waals surface area contributed by atoms with Crippen LogP contribution in [0.5, 0.6) is 11.5 Å². The second-order valence-corrected chi connectivity index (χ2v) is 9.91. The van der Waals surface area contributed by atoms with Crippen molar-refractivity contribution in [2.24, 2.45) is 11.8 Å². The normalized spacial score (nSPS) is 18.3. The topological polar surface area (TPSA) is 87.2 Å². The molecule has 8 nitrogen and oxygen atoms in total. The van der Waals surface area contributed by atoms with Crippen LogP contribution in [0.2, 0.25) is 0 Å². The van der Waals surface area contributed by atoms with Gasteiger partial charge in [0, 0.05) is 24.9 Å². The van der Waals surface area contributed by atoms with Crippen LogP contribution in [0, 0.1) is 11.8 Å². The van der Waals surface area contributed by atoms with Crippen molar-refractivity contribution in [2.45, 2.75) is 59.0 Å². The minimum Gasteiger partial charge on any atom is -0.495 e. The summed E-state index contributed by atoms with van der Waals surface area (Å²) in [6.07, 6.45) is 4.05. The molecular formula is C27H38N2O6. The van der Waals surface area contributed by atoms with E-state index >= 15 is 0 Å². The average Bonchev–Trinajstić information content (AvgIpc) is 2.82. The van der Waals surface area contributed by atoms with Crippen LogP contribution in [0.15, 0.2) is 30.5 Å². The quantitative estimate of drug-likeness (QED) is 0.449. The van der Waals surface area contributed by atoms with Crippen molar-refractivity contribution in [3.8, 4) is 11.5 Å². The zero-order chi connectivity index (χ0) is 25.4. The first kappa shape index (κ1) is 26.6. The van der Waals surface area contributed by atoms with E-state index in [-0.39, 0.29) is 18.0 Å². The van der Waals surface area contributed by atoms with Crippen molar-refractivity contribution in [3.05, 3.63) is 30.5 Å². The molecule has 1 saturated heterocycles. The number of nitrogens with zero attached hydrogens (tertiary/aromatic N) is 2. The molecule has 0 aliphatic carbocycles. The van der Waals surface area contributed by atoms with Gasteiger partial charge in [0.05, 0.1) is 32.0 Å². The van der Waals surface area contributed by atoms with Gasteiger partial charge < -0.3 is 23.8 Å². The van der Waals surface area contributed by atoms with Gasteiger partial charge in [-0.05, 0) is 77.0 Å². The molecule has 0 saturated carbocycles. The number of ether oxygens (including phenoxy) is 4. The number of amides is 1. The number of piperidine rings is 1. The molecular weight excluding hydrogens is 448 g/mol. The van der Waals surface area contributed by atoms with Crippen LogP contribution in [0.1, 0.15) is 53.4 Å². The van der Waals surface area contributed by atoms with Crippen LogP contribution >= 0.6 is 0 Å². The lowest BCUT2D eigenvalue weighted by molar-refractivity contribution is -0.143. The highest BCUT2D eigenvalue weighted by molar-refractivity contribution is 5.86. The van der Waals surface area contributed by atoms with Gasteiger partial charge in [-0.25, -0.2) is 4.79 Å². The van der Waals surface area contributed by atoms with E-state index in [0.717, 1.165) is 29.5 Å². The van der Waals surface area contributed by atoms with Gasteiger partial charge in [-0.2, -0.15) is 0 Å². The summed E-state index contributed by atoms with van der Waals surface area (Å²) in [4.78, 5) is 30.9. The van der Waals surface area contributed by atoms with Crippen molar-refractivity contribution < 1.29 is 28.5 Å². The van der Waals surface area contributed by atoms with Gasteiger partial charge in [0.2, 0.25) is 0 Å². The maximum absolute atomic E-state index is 12.7. The molecule has 2 aromatic rings. The summed E-state index contributed by atoms with van der Waals surface area (Å²) in [6, 6.07) is 7.74. The Morgan fingerprint density at radius 1 is 1.17 bits per heavy atom. The number of benzene rings is 1. The average molecular weight is 487 g/mol. The molecule has 1 aromatic carbocycles. The number of fused-ring (bicyclic) bond motifs is 1. The lowest BCUT2D eigenvalue weighted by Crippen LogP contribution is -2.46. The van der Waals surface area contributed by atoms with Crippen LogP contribution < -0.4 is 9.47 Å². The number of carbonyl (C=O) groups excluding carboxylic acids is 2. The highest BCUT2D eigenvalue weighted by Gasteiger charge is 2.33. The minimum absolute atomic E-state index is 0.165. The van der Waals surface area contributed by atoms with Gasteiger partial charge in [-0.3, -0.25) is 9.78 Å². The molecule has 1 aromatic heterocycles. The van der Waals surface area contributed by atoms with Gasteiger partial charge in [-0.1, -0.05) is 6.07 Å². The molecule has 1 aliphatic rings. The number of methoxy groups -OCH3 is 1. The van der Waals surface area contributed by atoms with Crippen LogP contribution in [-0.2, 0) is 14.3 Å². The summed E-state index contributed by atoms with van der Waals surface area (Å²) in [6.45, 7) is 9.50. The van der Waals surface area contributed by atoms with Crippen molar-refractivity contribution in [1.82, 2.24) is 9.88 Å². The summed E-state index contributed by atoms with van der Waals surface area (Å²) in [5.41, 5.74) is 0.305. The first-order valence-corrected chi connectivity index (χ1v) is 12.4. The predicted molar refractivity (Wildman–Crippen MR) is 134 cm³/mol. The van der Waals surface area contributed by atoms with Crippen LogP contribution in [0.4, 0.5) is 4.79 Å². The minimum atomic E-state index is -0.543. The van der Waals surface area contributed by atoms with Crippen LogP contribution in [0.3, 0.4) is 0 Å². The Hall–Kier alpha value is -3.03. The molecule has 8 heteroatoms. The van der Waals surface area contributed by atoms with E-state index in [1.54, 1.807) is 25.1 Å². The Bertz CT molecular complexity index is 1000. The van der Waals surface area contributed by atoms with Crippen LogP contribution in [-0.4, -0.2) is 61.0 Å². The number of carbonyl (C=O) groups is 2. The number of rotatable bonds is 9. The Kier molecular flexibility index (Phi) is 9.18. The van der Waals surface area contributed by atoms with E-state index < -0.39 is 5.60 Å². The Labute approximate surface area is 207 Å². The molecule has 0 bridgehead atoms. The fourth-order valence-electron chi connectivity index (χ4n) is 4.48. The van der Waals surface area contributed by atoms with E-state index in [9.17, 15) is 9.59 Å². The zero-order valence-electron chi connectivity index (χ0n) is 21.5. The summed E-state index contributed by atoms with van der Waals surface area (Å²) in [5, 5.41) is 0.908. The lowest BCUT2D eigenvalue weighted by Gasteiger charge is -2.39. The third-order valence-electron chi connectivity index (χ3n) is 6.21. The SMILES string of the molecule is CCOC(=O)CC[C@H]1CN(C(=O)OC(C)(C)C)CC[C@H]1CCOc1cccc2ncc(OC)cc12. The zero-order valence-corrected chi connectivity index (χ0v) is 21.5. The highest BCUT2D eigenvalue weighted by atomic mass is 16.6. The molecule has 0 unspecified atom stereocenters. The molecule has 0 spiro atoms. The molecule has 3 rings (SSSR count). The molecule has 35 heavy (non-hydrogen) atoms.